The van der Waals surface area contributed by atoms with Crippen molar-refractivity contribution in [3.63, 3.8) is 0 Å². The van der Waals surface area contributed by atoms with Crippen molar-refractivity contribution >= 4 is 69.6 Å². The molecule has 4 atom stereocenters. The van der Waals surface area contributed by atoms with Crippen LogP contribution in [0.3, 0.4) is 0 Å². The van der Waals surface area contributed by atoms with E-state index in [2.05, 4.69) is 10.2 Å². The monoisotopic (exact) mass is 766 g/mol. The zero-order chi connectivity index (χ0) is 35.9. The van der Waals surface area contributed by atoms with E-state index < -0.39 is 6.10 Å². The van der Waals surface area contributed by atoms with E-state index >= 15 is 0 Å². The lowest BCUT2D eigenvalue weighted by Gasteiger charge is -2.23. The maximum atomic E-state index is 12.9. The van der Waals surface area contributed by atoms with Crippen molar-refractivity contribution in [3.05, 3.63) is 128 Å². The SMILES string of the molecule is Clc1cc(Cl)cc([C@H]2CCNC2)c1.O=C1[C@@H](N2CC[C@H](c3cc(Cl)cc(Cl)c3)C2)CCN1c1ccccc1.O=C1[C@H](O)CCN1c1ccccc1. The van der Waals surface area contributed by atoms with Gasteiger partial charge in [-0.2, -0.15) is 0 Å². The molecule has 11 heteroatoms. The molecule has 4 fully saturated rings. The van der Waals surface area contributed by atoms with Crippen molar-refractivity contribution in [2.45, 2.75) is 49.7 Å². The highest BCUT2D eigenvalue weighted by molar-refractivity contribution is 6.35. The molecule has 2 amide bonds. The molecule has 0 saturated carbocycles. The fourth-order valence-corrected chi connectivity index (χ4v) is 8.39. The molecule has 2 N–H and O–H groups in total. The molecule has 0 bridgehead atoms. The first-order valence-corrected chi connectivity index (χ1v) is 18.9. The number of carbonyl (C=O) groups is 2. The fraction of sp³-hybridized carbons (Fsp3) is 0.350. The smallest absolute Gasteiger partial charge is 0.255 e. The van der Waals surface area contributed by atoms with Crippen LogP contribution in [-0.2, 0) is 9.59 Å². The molecule has 8 rings (SSSR count). The first-order chi connectivity index (χ1) is 24.7. The first kappa shape index (κ1) is 37.6. The number of anilines is 2. The zero-order valence-corrected chi connectivity index (χ0v) is 31.3. The summed E-state index contributed by atoms with van der Waals surface area (Å²) in [5, 5.41) is 15.4. The van der Waals surface area contributed by atoms with E-state index in [9.17, 15) is 14.7 Å². The second kappa shape index (κ2) is 17.6. The van der Waals surface area contributed by atoms with E-state index in [4.69, 9.17) is 46.4 Å². The van der Waals surface area contributed by atoms with Gasteiger partial charge in [0, 0.05) is 64.1 Å². The highest BCUT2D eigenvalue weighted by Gasteiger charge is 2.40. The Labute approximate surface area is 320 Å². The molecular weight excluding hydrogens is 726 g/mol. The Kier molecular flexibility index (Phi) is 13.0. The van der Waals surface area contributed by atoms with E-state index in [-0.39, 0.29) is 17.9 Å². The van der Waals surface area contributed by atoms with Gasteiger partial charge in [-0.1, -0.05) is 82.8 Å². The van der Waals surface area contributed by atoms with E-state index in [0.29, 0.717) is 34.8 Å². The molecule has 4 saturated heterocycles. The quantitative estimate of drug-likeness (QED) is 0.213. The number of nitrogens with zero attached hydrogens (tertiary/aromatic N) is 3. The Morgan fingerprint density at radius 1 is 0.588 bits per heavy atom. The maximum absolute atomic E-state index is 12.9. The fourth-order valence-electron chi connectivity index (χ4n) is 7.30. The lowest BCUT2D eigenvalue weighted by atomic mass is 9.98. The molecule has 7 nitrogen and oxygen atoms in total. The van der Waals surface area contributed by atoms with Crippen LogP contribution in [0.15, 0.2) is 97.1 Å². The van der Waals surface area contributed by atoms with Gasteiger partial charge < -0.3 is 20.2 Å². The van der Waals surface area contributed by atoms with Gasteiger partial charge in [0.2, 0.25) is 5.91 Å². The summed E-state index contributed by atoms with van der Waals surface area (Å²) in [6.45, 7) is 5.36. The van der Waals surface area contributed by atoms with Gasteiger partial charge in [-0.25, -0.2) is 0 Å². The van der Waals surface area contributed by atoms with Crippen LogP contribution < -0.4 is 15.1 Å². The van der Waals surface area contributed by atoms with Crippen molar-refractivity contribution in [2.75, 3.05) is 49.1 Å². The second-order valence-corrected chi connectivity index (χ2v) is 15.1. The topological polar surface area (TPSA) is 76.1 Å². The van der Waals surface area contributed by atoms with Crippen LogP contribution >= 0.6 is 46.4 Å². The number of benzene rings is 4. The minimum Gasteiger partial charge on any atom is -0.383 e. The van der Waals surface area contributed by atoms with Crippen molar-refractivity contribution in [3.8, 4) is 0 Å². The number of hydrogen-bond acceptors (Lipinski definition) is 5. The van der Waals surface area contributed by atoms with Gasteiger partial charge in [0.25, 0.3) is 5.91 Å². The van der Waals surface area contributed by atoms with E-state index in [1.165, 1.54) is 17.5 Å². The number of aliphatic hydroxyl groups excluding tert-OH is 1. The number of para-hydroxylation sites is 2. The molecule has 4 aromatic rings. The third kappa shape index (κ3) is 9.65. The van der Waals surface area contributed by atoms with Crippen LogP contribution in [0.2, 0.25) is 20.1 Å². The number of carbonyl (C=O) groups excluding carboxylic acids is 2. The van der Waals surface area contributed by atoms with Gasteiger partial charge in [0.15, 0.2) is 0 Å². The minimum absolute atomic E-state index is 0.0140. The van der Waals surface area contributed by atoms with Gasteiger partial charge >= 0.3 is 0 Å². The maximum Gasteiger partial charge on any atom is 0.255 e. The van der Waals surface area contributed by atoms with Crippen LogP contribution in [0.25, 0.3) is 0 Å². The van der Waals surface area contributed by atoms with E-state index in [1.807, 2.05) is 89.8 Å². The Hall–Kier alpha value is -3.14. The molecule has 4 aromatic carbocycles. The lowest BCUT2D eigenvalue weighted by Crippen LogP contribution is -2.40. The normalized spacial score (nSPS) is 23.2. The van der Waals surface area contributed by atoms with Gasteiger partial charge in [-0.15, -0.1) is 0 Å². The lowest BCUT2D eigenvalue weighted by molar-refractivity contribution is -0.124. The highest BCUT2D eigenvalue weighted by atomic mass is 35.5. The molecule has 0 aromatic heterocycles. The Morgan fingerprint density at radius 2 is 1.10 bits per heavy atom. The first-order valence-electron chi connectivity index (χ1n) is 17.4. The summed E-state index contributed by atoms with van der Waals surface area (Å²) in [7, 11) is 0. The third-order valence-electron chi connectivity index (χ3n) is 9.92. The molecule has 4 aliphatic heterocycles. The highest BCUT2D eigenvalue weighted by Crippen LogP contribution is 2.35. The summed E-state index contributed by atoms with van der Waals surface area (Å²) in [5.41, 5.74) is 4.28. The average Bonchev–Trinajstić information content (AvgIpc) is 3.94. The van der Waals surface area contributed by atoms with Gasteiger partial charge in [0.1, 0.15) is 6.10 Å². The predicted octanol–water partition coefficient (Wildman–Crippen LogP) is 8.44. The van der Waals surface area contributed by atoms with Crippen molar-refractivity contribution in [1.82, 2.24) is 10.2 Å². The van der Waals surface area contributed by atoms with E-state index in [0.717, 1.165) is 67.0 Å². The minimum atomic E-state index is -0.805. The van der Waals surface area contributed by atoms with Crippen LogP contribution in [0, 0.1) is 0 Å². The van der Waals surface area contributed by atoms with E-state index in [1.54, 1.807) is 17.0 Å². The average molecular weight is 769 g/mol. The molecule has 0 unspecified atom stereocenters. The molecule has 0 radical (unpaired) electrons. The number of rotatable bonds is 5. The summed E-state index contributed by atoms with van der Waals surface area (Å²) in [5.74, 6) is 0.994. The van der Waals surface area contributed by atoms with Crippen molar-refractivity contribution in [1.29, 1.82) is 0 Å². The van der Waals surface area contributed by atoms with Gasteiger partial charge in [-0.05, 0) is 116 Å². The Balaban J connectivity index is 0.000000145. The van der Waals surface area contributed by atoms with Crippen LogP contribution in [0.4, 0.5) is 11.4 Å². The summed E-state index contributed by atoms with van der Waals surface area (Å²) >= 11 is 24.1. The summed E-state index contributed by atoms with van der Waals surface area (Å²) in [6, 6.07) is 30.9. The number of aliphatic hydroxyl groups is 1. The number of halogens is 4. The number of amides is 2. The largest absolute Gasteiger partial charge is 0.383 e. The third-order valence-corrected chi connectivity index (χ3v) is 10.8. The molecular formula is C40H42Cl4N4O3. The van der Waals surface area contributed by atoms with Gasteiger partial charge in [-0.3, -0.25) is 14.5 Å². The molecule has 4 heterocycles. The van der Waals surface area contributed by atoms with Crippen LogP contribution in [-0.4, -0.2) is 73.2 Å². The number of likely N-dealkylation sites (tertiary alicyclic amines) is 1. The Morgan fingerprint density at radius 3 is 1.59 bits per heavy atom. The van der Waals surface area contributed by atoms with Crippen molar-refractivity contribution in [2.24, 2.45) is 0 Å². The zero-order valence-electron chi connectivity index (χ0n) is 28.2. The molecule has 51 heavy (non-hydrogen) atoms. The molecule has 268 valence electrons. The summed E-state index contributed by atoms with van der Waals surface area (Å²) < 4.78 is 0. The summed E-state index contributed by atoms with van der Waals surface area (Å²) in [6.07, 6.45) is 2.83. The second-order valence-electron chi connectivity index (χ2n) is 13.3. The predicted molar refractivity (Wildman–Crippen MR) is 209 cm³/mol. The molecule has 4 aliphatic rings. The molecule has 0 spiro atoms. The Bertz CT molecular complexity index is 1750. The van der Waals surface area contributed by atoms with Gasteiger partial charge in [0.05, 0.1) is 6.04 Å². The van der Waals surface area contributed by atoms with Crippen molar-refractivity contribution < 1.29 is 14.7 Å². The van der Waals surface area contributed by atoms with Crippen LogP contribution in [0.1, 0.15) is 48.6 Å². The summed E-state index contributed by atoms with van der Waals surface area (Å²) in [4.78, 5) is 30.1. The molecule has 0 aliphatic carbocycles. The number of hydrogen-bond donors (Lipinski definition) is 2. The standard InChI is InChI=1S/C20H20Cl2N2O.C10H11Cl2N.C10H11NO2/c21-16-10-15(11-17(22)12-16)14-6-8-23(13-14)19-7-9-24(20(19)25)18-4-2-1-3-5-18;11-9-3-8(4-10(12)5-9)7-1-2-13-6-7;12-9-6-7-11(10(9)13)8-4-2-1-3-5-8/h1-5,10-12,14,19H,6-9,13H2;3-5,7,13H,1-2,6H2;1-5,9,12H,6-7H2/t14-,19-;7-;9-/m001/s1. The van der Waals surface area contributed by atoms with Crippen LogP contribution in [0.5, 0.6) is 0 Å². The number of nitrogens with one attached hydrogen (secondary N) is 1.